The lowest BCUT2D eigenvalue weighted by Crippen LogP contribution is -2.37. The molecule has 172 valence electrons. The Hall–Kier alpha value is -3.29. The van der Waals surface area contributed by atoms with Gasteiger partial charge < -0.3 is 24.3 Å². The molecule has 1 aromatic carbocycles. The number of hydrogen-bond donors (Lipinski definition) is 1. The van der Waals surface area contributed by atoms with Crippen molar-refractivity contribution in [2.45, 2.75) is 32.1 Å². The zero-order chi connectivity index (χ0) is 22.8. The average Bonchev–Trinajstić information content (AvgIpc) is 3.25. The van der Waals surface area contributed by atoms with Gasteiger partial charge in [0.05, 0.1) is 13.4 Å². The minimum Gasteiger partial charge on any atom is -0.497 e. The van der Waals surface area contributed by atoms with E-state index in [2.05, 4.69) is 5.32 Å². The Morgan fingerprint density at radius 2 is 1.66 bits per heavy atom. The first-order valence-electron chi connectivity index (χ1n) is 11.1. The molecule has 8 heteroatoms. The molecular weight excluding hydrogens is 410 g/mol. The molecule has 32 heavy (non-hydrogen) atoms. The molecular formula is C24H31N3O5. The molecule has 1 aliphatic heterocycles. The van der Waals surface area contributed by atoms with Gasteiger partial charge in [-0.15, -0.1) is 0 Å². The van der Waals surface area contributed by atoms with Crippen LogP contribution >= 0.6 is 0 Å². The summed E-state index contributed by atoms with van der Waals surface area (Å²) in [6.45, 7) is 2.84. The maximum absolute atomic E-state index is 12.6. The molecule has 1 fully saturated rings. The van der Waals surface area contributed by atoms with Gasteiger partial charge in [-0.05, 0) is 49.1 Å². The van der Waals surface area contributed by atoms with Gasteiger partial charge in [0.2, 0.25) is 11.8 Å². The molecule has 1 saturated heterocycles. The fourth-order valence-electron chi connectivity index (χ4n) is 3.71. The topological polar surface area (TPSA) is 92.1 Å². The van der Waals surface area contributed by atoms with Crippen molar-refractivity contribution >= 4 is 17.7 Å². The Bertz CT molecular complexity index is 880. The molecule has 3 amide bonds. The van der Waals surface area contributed by atoms with Crippen LogP contribution in [0.5, 0.6) is 5.75 Å². The first-order valence-corrected chi connectivity index (χ1v) is 11.1. The molecule has 0 atom stereocenters. The molecule has 0 saturated carbocycles. The third-order valence-corrected chi connectivity index (χ3v) is 5.59. The van der Waals surface area contributed by atoms with Crippen molar-refractivity contribution in [1.82, 2.24) is 15.1 Å². The molecule has 0 bridgehead atoms. The van der Waals surface area contributed by atoms with Crippen LogP contribution < -0.4 is 10.1 Å². The van der Waals surface area contributed by atoms with Gasteiger partial charge in [0.1, 0.15) is 5.75 Å². The largest absolute Gasteiger partial charge is 0.497 e. The van der Waals surface area contributed by atoms with Crippen molar-refractivity contribution in [2.24, 2.45) is 0 Å². The lowest BCUT2D eigenvalue weighted by molar-refractivity contribution is -0.133. The number of methoxy groups -OCH3 is 1. The van der Waals surface area contributed by atoms with E-state index < -0.39 is 0 Å². The van der Waals surface area contributed by atoms with Gasteiger partial charge in [-0.25, -0.2) is 0 Å². The normalized spacial score (nSPS) is 14.0. The van der Waals surface area contributed by atoms with Crippen LogP contribution in [0.4, 0.5) is 0 Å². The van der Waals surface area contributed by atoms with E-state index in [1.54, 1.807) is 19.2 Å². The van der Waals surface area contributed by atoms with Crippen LogP contribution in [0, 0.1) is 0 Å². The van der Waals surface area contributed by atoms with Crippen LogP contribution in [-0.2, 0) is 16.0 Å². The SMILES string of the molecule is COc1ccc(CCC(=O)N2CCCN(C(=O)CCCNC(=O)c3ccco3)CC2)cc1. The van der Waals surface area contributed by atoms with Gasteiger partial charge in [-0.3, -0.25) is 14.4 Å². The third kappa shape index (κ3) is 6.87. The summed E-state index contributed by atoms with van der Waals surface area (Å²) >= 11 is 0. The summed E-state index contributed by atoms with van der Waals surface area (Å²) < 4.78 is 10.2. The predicted octanol–water partition coefficient (Wildman–Crippen LogP) is 2.49. The number of aryl methyl sites for hydroxylation is 1. The van der Waals surface area contributed by atoms with E-state index in [9.17, 15) is 14.4 Å². The lowest BCUT2D eigenvalue weighted by Gasteiger charge is -2.22. The quantitative estimate of drug-likeness (QED) is 0.604. The molecule has 1 aromatic heterocycles. The van der Waals surface area contributed by atoms with Crippen molar-refractivity contribution in [3.63, 3.8) is 0 Å². The summed E-state index contributed by atoms with van der Waals surface area (Å²) in [6, 6.07) is 11.0. The zero-order valence-corrected chi connectivity index (χ0v) is 18.5. The highest BCUT2D eigenvalue weighted by Crippen LogP contribution is 2.14. The number of benzene rings is 1. The number of furan rings is 1. The molecule has 0 spiro atoms. The first-order chi connectivity index (χ1) is 15.6. The van der Waals surface area contributed by atoms with E-state index in [0.717, 1.165) is 17.7 Å². The smallest absolute Gasteiger partial charge is 0.286 e. The van der Waals surface area contributed by atoms with Crippen LogP contribution in [0.25, 0.3) is 0 Å². The van der Waals surface area contributed by atoms with Crippen molar-refractivity contribution in [2.75, 3.05) is 39.8 Å². The van der Waals surface area contributed by atoms with Crippen molar-refractivity contribution < 1.29 is 23.5 Å². The number of nitrogens with zero attached hydrogens (tertiary/aromatic N) is 2. The maximum Gasteiger partial charge on any atom is 0.286 e. The molecule has 8 nitrogen and oxygen atoms in total. The van der Waals surface area contributed by atoms with Gasteiger partial charge in [-0.1, -0.05) is 12.1 Å². The summed E-state index contributed by atoms with van der Waals surface area (Å²) in [7, 11) is 1.63. The summed E-state index contributed by atoms with van der Waals surface area (Å²) in [6.07, 6.45) is 4.29. The predicted molar refractivity (Wildman–Crippen MR) is 119 cm³/mol. The average molecular weight is 442 g/mol. The minimum absolute atomic E-state index is 0.0600. The standard InChI is InChI=1S/C24H31N3O5/c1-31-20-10-7-19(8-11-20)9-12-23(29)27-15-4-14-26(16-17-27)22(28)6-2-13-25-24(30)21-5-3-18-32-21/h3,5,7-8,10-11,18H,2,4,6,9,12-17H2,1H3,(H,25,30). The molecule has 0 unspecified atom stereocenters. The highest BCUT2D eigenvalue weighted by Gasteiger charge is 2.21. The van der Waals surface area contributed by atoms with Gasteiger partial charge in [0.25, 0.3) is 5.91 Å². The number of carbonyl (C=O) groups is 3. The lowest BCUT2D eigenvalue weighted by atomic mass is 10.1. The number of amides is 3. The van der Waals surface area contributed by atoms with Gasteiger partial charge in [-0.2, -0.15) is 0 Å². The van der Waals surface area contributed by atoms with Crippen molar-refractivity contribution in [3.05, 3.63) is 54.0 Å². The second-order valence-electron chi connectivity index (χ2n) is 7.80. The molecule has 1 N–H and O–H groups in total. The van der Waals surface area contributed by atoms with Crippen LogP contribution in [0.2, 0.25) is 0 Å². The van der Waals surface area contributed by atoms with Gasteiger partial charge in [0.15, 0.2) is 5.76 Å². The second kappa shape index (κ2) is 11.9. The Balaban J connectivity index is 1.35. The van der Waals surface area contributed by atoms with E-state index in [1.165, 1.54) is 6.26 Å². The Morgan fingerprint density at radius 3 is 2.28 bits per heavy atom. The highest BCUT2D eigenvalue weighted by molar-refractivity contribution is 5.91. The number of hydrogen-bond acceptors (Lipinski definition) is 5. The molecule has 0 aliphatic carbocycles. The molecule has 2 heterocycles. The van der Waals surface area contributed by atoms with Crippen molar-refractivity contribution in [3.8, 4) is 5.75 Å². The van der Waals surface area contributed by atoms with Crippen LogP contribution in [0.3, 0.4) is 0 Å². The summed E-state index contributed by atoms with van der Waals surface area (Å²) in [5, 5.41) is 2.75. The summed E-state index contributed by atoms with van der Waals surface area (Å²) in [5.41, 5.74) is 1.10. The third-order valence-electron chi connectivity index (χ3n) is 5.59. The van der Waals surface area contributed by atoms with E-state index in [1.807, 2.05) is 34.1 Å². The minimum atomic E-state index is -0.277. The zero-order valence-electron chi connectivity index (χ0n) is 18.5. The summed E-state index contributed by atoms with van der Waals surface area (Å²) in [4.78, 5) is 40.7. The fourth-order valence-corrected chi connectivity index (χ4v) is 3.71. The van der Waals surface area contributed by atoms with E-state index in [0.29, 0.717) is 58.4 Å². The number of carbonyl (C=O) groups excluding carboxylic acids is 3. The Labute approximate surface area is 188 Å². The maximum atomic E-state index is 12.6. The van der Waals surface area contributed by atoms with Gasteiger partial charge in [0, 0.05) is 45.6 Å². The summed E-state index contributed by atoms with van der Waals surface area (Å²) in [5.74, 6) is 0.972. The fraction of sp³-hybridized carbons (Fsp3) is 0.458. The van der Waals surface area contributed by atoms with E-state index in [-0.39, 0.29) is 23.5 Å². The second-order valence-corrected chi connectivity index (χ2v) is 7.80. The van der Waals surface area contributed by atoms with E-state index in [4.69, 9.17) is 9.15 Å². The number of rotatable bonds is 9. The van der Waals surface area contributed by atoms with Crippen molar-refractivity contribution in [1.29, 1.82) is 0 Å². The number of ether oxygens (including phenoxy) is 1. The van der Waals surface area contributed by atoms with Crippen LogP contribution in [0.1, 0.15) is 41.8 Å². The van der Waals surface area contributed by atoms with Gasteiger partial charge >= 0.3 is 0 Å². The first kappa shape index (κ1) is 23.4. The molecule has 2 aromatic rings. The molecule has 3 rings (SSSR count). The van der Waals surface area contributed by atoms with Crippen LogP contribution in [0.15, 0.2) is 47.1 Å². The van der Waals surface area contributed by atoms with E-state index >= 15 is 0 Å². The number of nitrogens with one attached hydrogen (secondary N) is 1. The molecule has 1 aliphatic rings. The Morgan fingerprint density at radius 1 is 0.969 bits per heavy atom. The van der Waals surface area contributed by atoms with Crippen LogP contribution in [-0.4, -0.2) is 67.4 Å². The Kier molecular flexibility index (Phi) is 8.71. The monoisotopic (exact) mass is 441 g/mol. The highest BCUT2D eigenvalue weighted by atomic mass is 16.5. The molecule has 0 radical (unpaired) electrons.